The zero-order chi connectivity index (χ0) is 12.4. The number of hydrogen-bond donors (Lipinski definition) is 1. The van der Waals surface area contributed by atoms with Gasteiger partial charge in [-0.15, -0.1) is 6.58 Å². The molecular formula is C12H19NO2. The molecule has 0 aromatic heterocycles. The Morgan fingerprint density at radius 3 is 1.67 bits per heavy atom. The van der Waals surface area contributed by atoms with Crippen molar-refractivity contribution in [1.82, 2.24) is 5.32 Å². The van der Waals surface area contributed by atoms with Crippen molar-refractivity contribution in [3.63, 3.8) is 0 Å². The highest BCUT2D eigenvalue weighted by Gasteiger charge is 2.23. The largest absolute Gasteiger partial charge is 0.288 e. The third kappa shape index (κ3) is 4.96. The number of hydrogen-bond acceptors (Lipinski definition) is 2. The minimum atomic E-state index is -0.350. The molecule has 0 radical (unpaired) electrons. The topological polar surface area (TPSA) is 46.2 Å². The standard InChI is InChI=1S/C7H7NO2.C3H6.C2H6/c1-3-5-4(2)6(9)8-7(5)10;1-3-2;1-2/h3H,1H2,2H3,(H,8,9,10);3H,1H2,2H3;1-2H3. The Morgan fingerprint density at radius 1 is 1.13 bits per heavy atom. The lowest BCUT2D eigenvalue weighted by Crippen LogP contribution is -2.22. The van der Waals surface area contributed by atoms with E-state index in [0.29, 0.717) is 11.1 Å². The van der Waals surface area contributed by atoms with Gasteiger partial charge in [0.05, 0.1) is 0 Å². The van der Waals surface area contributed by atoms with Crippen molar-refractivity contribution in [1.29, 1.82) is 0 Å². The summed E-state index contributed by atoms with van der Waals surface area (Å²) in [7, 11) is 0. The fourth-order valence-electron chi connectivity index (χ4n) is 0.803. The van der Waals surface area contributed by atoms with Crippen LogP contribution in [0.1, 0.15) is 27.7 Å². The van der Waals surface area contributed by atoms with Crippen LogP contribution in [0.3, 0.4) is 0 Å². The predicted molar refractivity (Wildman–Crippen MR) is 63.3 cm³/mol. The Bertz CT molecular complexity index is 288. The van der Waals surface area contributed by atoms with Crippen LogP contribution in [0.15, 0.2) is 36.5 Å². The monoisotopic (exact) mass is 209 g/mol. The summed E-state index contributed by atoms with van der Waals surface area (Å²) in [5.74, 6) is -0.669. The van der Waals surface area contributed by atoms with Crippen LogP contribution in [0.25, 0.3) is 0 Å². The van der Waals surface area contributed by atoms with Crippen LogP contribution < -0.4 is 5.32 Å². The van der Waals surface area contributed by atoms with Crippen LogP contribution in [-0.2, 0) is 9.59 Å². The Hall–Kier alpha value is -1.64. The number of rotatable bonds is 1. The lowest BCUT2D eigenvalue weighted by atomic mass is 10.2. The SMILES string of the molecule is C=CC.C=CC1=C(C)C(=O)NC1=O.CC. The number of carbonyl (C=O) groups excluding carboxylic acids is 2. The summed E-state index contributed by atoms with van der Waals surface area (Å²) >= 11 is 0. The Morgan fingerprint density at radius 2 is 1.53 bits per heavy atom. The number of nitrogens with one attached hydrogen (secondary N) is 1. The van der Waals surface area contributed by atoms with Gasteiger partial charge >= 0.3 is 0 Å². The lowest BCUT2D eigenvalue weighted by molar-refractivity contribution is -0.124. The maximum absolute atomic E-state index is 10.8. The maximum Gasteiger partial charge on any atom is 0.258 e. The number of amides is 2. The summed E-state index contributed by atoms with van der Waals surface area (Å²) in [4.78, 5) is 21.5. The van der Waals surface area contributed by atoms with Crippen LogP contribution in [0.5, 0.6) is 0 Å². The molecule has 15 heavy (non-hydrogen) atoms. The van der Waals surface area contributed by atoms with Crippen LogP contribution >= 0.6 is 0 Å². The van der Waals surface area contributed by atoms with Gasteiger partial charge in [-0.1, -0.05) is 32.6 Å². The van der Waals surface area contributed by atoms with Crippen molar-refractivity contribution in [2.75, 3.05) is 0 Å². The molecule has 3 heteroatoms. The minimum Gasteiger partial charge on any atom is -0.288 e. The van der Waals surface area contributed by atoms with Gasteiger partial charge in [0.2, 0.25) is 0 Å². The van der Waals surface area contributed by atoms with Gasteiger partial charge in [-0.3, -0.25) is 14.9 Å². The molecule has 0 spiro atoms. The Labute approximate surface area is 91.6 Å². The molecule has 1 rings (SSSR count). The van der Waals surface area contributed by atoms with E-state index in [9.17, 15) is 9.59 Å². The highest BCUT2D eigenvalue weighted by atomic mass is 16.2. The zero-order valence-electron chi connectivity index (χ0n) is 9.89. The molecule has 0 saturated heterocycles. The van der Waals surface area contributed by atoms with Crippen LogP contribution in [0.2, 0.25) is 0 Å². The average Bonchev–Trinajstić information content (AvgIpc) is 2.45. The fraction of sp³-hybridized carbons (Fsp3) is 0.333. The summed E-state index contributed by atoms with van der Waals surface area (Å²) in [5.41, 5.74) is 0.824. The first-order valence-corrected chi connectivity index (χ1v) is 4.84. The molecule has 0 atom stereocenters. The van der Waals surface area contributed by atoms with Crippen molar-refractivity contribution in [3.05, 3.63) is 36.5 Å². The maximum atomic E-state index is 10.8. The third-order valence-electron chi connectivity index (χ3n) is 1.42. The summed E-state index contributed by atoms with van der Waals surface area (Å²) in [6.45, 7) is 14.3. The first kappa shape index (κ1) is 15.8. The molecular weight excluding hydrogens is 190 g/mol. The van der Waals surface area contributed by atoms with Crippen molar-refractivity contribution in [2.45, 2.75) is 27.7 Å². The molecule has 2 amide bonds. The van der Waals surface area contributed by atoms with Gasteiger partial charge in [-0.2, -0.15) is 0 Å². The van der Waals surface area contributed by atoms with E-state index in [1.807, 2.05) is 20.8 Å². The molecule has 0 unspecified atom stereocenters. The van der Waals surface area contributed by atoms with Crippen LogP contribution in [-0.4, -0.2) is 11.8 Å². The van der Waals surface area contributed by atoms with Gasteiger partial charge in [0, 0.05) is 11.1 Å². The summed E-state index contributed by atoms with van der Waals surface area (Å²) < 4.78 is 0. The first-order valence-electron chi connectivity index (χ1n) is 4.84. The fourth-order valence-corrected chi connectivity index (χ4v) is 0.803. The molecule has 84 valence electrons. The highest BCUT2D eigenvalue weighted by molar-refractivity contribution is 6.20. The van der Waals surface area contributed by atoms with Gasteiger partial charge in [-0.05, 0) is 13.8 Å². The van der Waals surface area contributed by atoms with E-state index in [0.717, 1.165) is 0 Å². The molecule has 0 bridgehead atoms. The average molecular weight is 209 g/mol. The Balaban J connectivity index is 0. The first-order chi connectivity index (χ1) is 7.08. The van der Waals surface area contributed by atoms with Crippen molar-refractivity contribution in [2.24, 2.45) is 0 Å². The van der Waals surface area contributed by atoms with E-state index in [-0.39, 0.29) is 11.8 Å². The van der Waals surface area contributed by atoms with Gasteiger partial charge in [0.15, 0.2) is 0 Å². The van der Waals surface area contributed by atoms with Crippen molar-refractivity contribution >= 4 is 11.8 Å². The molecule has 0 saturated carbocycles. The van der Waals surface area contributed by atoms with E-state index in [2.05, 4.69) is 18.5 Å². The number of allylic oxidation sites excluding steroid dienone is 1. The molecule has 1 N–H and O–H groups in total. The van der Waals surface area contributed by atoms with E-state index in [1.165, 1.54) is 6.08 Å². The summed E-state index contributed by atoms with van der Waals surface area (Å²) in [6.07, 6.45) is 3.13. The second-order valence-corrected chi connectivity index (χ2v) is 2.43. The number of carbonyl (C=O) groups is 2. The smallest absolute Gasteiger partial charge is 0.258 e. The molecule has 0 aliphatic carbocycles. The predicted octanol–water partition coefficient (Wildman–Crippen LogP) is 2.36. The number of imide groups is 1. The normalized spacial score (nSPS) is 13.1. The molecule has 0 aromatic carbocycles. The Kier molecular flexibility index (Phi) is 9.42. The summed E-state index contributed by atoms with van der Waals surface area (Å²) in [5, 5.41) is 2.14. The quantitative estimate of drug-likeness (QED) is 0.532. The van der Waals surface area contributed by atoms with Crippen molar-refractivity contribution < 1.29 is 9.59 Å². The zero-order valence-corrected chi connectivity index (χ0v) is 9.89. The van der Waals surface area contributed by atoms with Gasteiger partial charge in [-0.25, -0.2) is 0 Å². The van der Waals surface area contributed by atoms with Gasteiger partial charge in [0.25, 0.3) is 11.8 Å². The van der Waals surface area contributed by atoms with E-state index in [1.54, 1.807) is 13.0 Å². The molecule has 1 aliphatic rings. The molecule has 0 fully saturated rings. The van der Waals surface area contributed by atoms with Crippen molar-refractivity contribution in [3.8, 4) is 0 Å². The van der Waals surface area contributed by atoms with E-state index < -0.39 is 0 Å². The van der Waals surface area contributed by atoms with Gasteiger partial charge in [0.1, 0.15) is 0 Å². The van der Waals surface area contributed by atoms with Crippen LogP contribution in [0, 0.1) is 0 Å². The highest BCUT2D eigenvalue weighted by Crippen LogP contribution is 2.11. The molecule has 1 heterocycles. The molecule has 0 aromatic rings. The summed E-state index contributed by atoms with van der Waals surface area (Å²) in [6, 6.07) is 0. The lowest BCUT2D eigenvalue weighted by Gasteiger charge is -1.85. The second-order valence-electron chi connectivity index (χ2n) is 2.43. The molecule has 3 nitrogen and oxygen atoms in total. The second kappa shape index (κ2) is 8.94. The minimum absolute atomic E-state index is 0.320. The van der Waals surface area contributed by atoms with Gasteiger partial charge < -0.3 is 0 Å². The third-order valence-corrected chi connectivity index (χ3v) is 1.42. The van der Waals surface area contributed by atoms with Crippen LogP contribution in [0.4, 0.5) is 0 Å². The van der Waals surface area contributed by atoms with E-state index in [4.69, 9.17) is 0 Å². The molecule has 1 aliphatic heterocycles. The van der Waals surface area contributed by atoms with E-state index >= 15 is 0 Å².